The smallest absolute Gasteiger partial charge is 0.340 e. The number of allylic oxidation sites excluding steroid dienone is 2. The Hall–Kier alpha value is -3.32. The van der Waals surface area contributed by atoms with Crippen LogP contribution in [0.1, 0.15) is 87.4 Å². The van der Waals surface area contributed by atoms with Crippen LogP contribution in [0.15, 0.2) is 71.8 Å². The molecule has 3 aliphatic rings. The quantitative estimate of drug-likeness (QED) is 0.261. The van der Waals surface area contributed by atoms with Crippen molar-refractivity contribution < 1.29 is 23.8 Å². The molecule has 2 aromatic rings. The van der Waals surface area contributed by atoms with Crippen LogP contribution in [-0.4, -0.2) is 45.8 Å². The number of hydrogen-bond donors (Lipinski definition) is 0. The van der Waals surface area contributed by atoms with E-state index in [2.05, 4.69) is 50.7 Å². The van der Waals surface area contributed by atoms with Crippen LogP contribution in [0.4, 0.5) is 0 Å². The van der Waals surface area contributed by atoms with Gasteiger partial charge in [-0.1, -0.05) is 23.6 Å². The topological polar surface area (TPSA) is 90.9 Å². The number of nitrogens with zero attached hydrogens (tertiary/aromatic N) is 2. The molecule has 1 saturated carbocycles. The average Bonchev–Trinajstić information content (AvgIpc) is 3.42. The summed E-state index contributed by atoms with van der Waals surface area (Å²) in [6, 6.07) is 6.91. The number of hydrogen-bond acceptors (Lipinski definition) is 7. The number of aromatic nitrogens is 2. The van der Waals surface area contributed by atoms with E-state index in [1.807, 2.05) is 0 Å². The molecular weight excluding hydrogens is 492 g/mol. The second kappa shape index (κ2) is 10.7. The summed E-state index contributed by atoms with van der Waals surface area (Å²) in [5.74, 6) is -0.958. The summed E-state index contributed by atoms with van der Waals surface area (Å²) in [5, 5.41) is 0. The number of ether oxygens (including phenoxy) is 3. The molecule has 2 aromatic heterocycles. The Balaban J connectivity index is 1.58. The third-order valence-corrected chi connectivity index (χ3v) is 8.85. The maximum Gasteiger partial charge on any atom is 0.340 e. The van der Waals surface area contributed by atoms with Crippen molar-refractivity contribution in [3.05, 3.63) is 83.0 Å². The number of esters is 2. The molecule has 7 nitrogen and oxygen atoms in total. The molecule has 0 N–H and O–H groups in total. The minimum atomic E-state index is -0.505. The van der Waals surface area contributed by atoms with Crippen molar-refractivity contribution in [1.82, 2.24) is 9.97 Å². The fourth-order valence-electron chi connectivity index (χ4n) is 6.52. The number of rotatable bonds is 4. The number of carbonyl (C=O) groups excluding carboxylic acids is 2. The van der Waals surface area contributed by atoms with E-state index in [1.165, 1.54) is 23.5 Å². The normalized spacial score (nSPS) is 33.5. The SMILES string of the molecule is CC(C)=C1CC[C@]2(C)[C@@H](OC(=O)c3cccnc3)/C=C(\C)CC[C@H]3O[C@@]3(C)CC(OC(=O)c3cccnc3)[C@@H]12. The van der Waals surface area contributed by atoms with Gasteiger partial charge in [0.2, 0.25) is 0 Å². The predicted octanol–water partition coefficient (Wildman–Crippen LogP) is 6.27. The van der Waals surface area contributed by atoms with E-state index < -0.39 is 29.6 Å². The molecule has 3 heterocycles. The molecule has 2 fully saturated rings. The second-order valence-corrected chi connectivity index (χ2v) is 11.9. The third kappa shape index (κ3) is 5.55. The van der Waals surface area contributed by atoms with Crippen molar-refractivity contribution in [3.63, 3.8) is 0 Å². The first-order valence-corrected chi connectivity index (χ1v) is 13.8. The molecule has 0 aromatic carbocycles. The first kappa shape index (κ1) is 27.3. The number of pyridine rings is 2. The van der Waals surface area contributed by atoms with Gasteiger partial charge in [-0.15, -0.1) is 0 Å². The zero-order valence-corrected chi connectivity index (χ0v) is 23.5. The van der Waals surface area contributed by atoms with Crippen LogP contribution in [0, 0.1) is 11.3 Å². The fourth-order valence-corrected chi connectivity index (χ4v) is 6.52. The highest BCUT2D eigenvalue weighted by Gasteiger charge is 2.59. The highest BCUT2D eigenvalue weighted by Crippen LogP contribution is 2.57. The lowest BCUT2D eigenvalue weighted by molar-refractivity contribution is -0.0473. The Morgan fingerprint density at radius 1 is 0.974 bits per heavy atom. The van der Waals surface area contributed by atoms with Crippen LogP contribution in [0.5, 0.6) is 0 Å². The molecule has 6 atom stereocenters. The Kier molecular flexibility index (Phi) is 7.47. The molecule has 1 saturated heterocycles. The van der Waals surface area contributed by atoms with E-state index in [0.717, 1.165) is 31.3 Å². The molecular formula is C32H38N2O5. The van der Waals surface area contributed by atoms with Crippen molar-refractivity contribution in [2.75, 3.05) is 0 Å². The average molecular weight is 531 g/mol. The molecule has 0 spiro atoms. The summed E-state index contributed by atoms with van der Waals surface area (Å²) in [7, 11) is 0. The largest absolute Gasteiger partial charge is 0.458 e. The van der Waals surface area contributed by atoms with Crippen molar-refractivity contribution in [2.45, 2.75) is 90.6 Å². The zero-order valence-electron chi connectivity index (χ0n) is 23.5. The molecule has 7 heteroatoms. The second-order valence-electron chi connectivity index (χ2n) is 11.9. The van der Waals surface area contributed by atoms with Gasteiger partial charge in [0.1, 0.15) is 12.2 Å². The molecule has 0 radical (unpaired) electrons. The highest BCUT2D eigenvalue weighted by atomic mass is 16.6. The molecule has 206 valence electrons. The Labute approximate surface area is 230 Å². The van der Waals surface area contributed by atoms with Crippen LogP contribution in [-0.2, 0) is 14.2 Å². The lowest BCUT2D eigenvalue weighted by Gasteiger charge is -2.42. The summed E-state index contributed by atoms with van der Waals surface area (Å²) in [6.07, 6.45) is 11.5. The van der Waals surface area contributed by atoms with Gasteiger partial charge in [0.05, 0.1) is 22.8 Å². The van der Waals surface area contributed by atoms with E-state index >= 15 is 0 Å². The van der Waals surface area contributed by atoms with Crippen LogP contribution < -0.4 is 0 Å². The monoisotopic (exact) mass is 530 g/mol. The summed E-state index contributed by atoms with van der Waals surface area (Å²) in [6.45, 7) is 10.6. The fraction of sp³-hybridized carbons (Fsp3) is 0.500. The predicted molar refractivity (Wildman–Crippen MR) is 147 cm³/mol. The summed E-state index contributed by atoms with van der Waals surface area (Å²) >= 11 is 0. The Bertz CT molecular complexity index is 1290. The van der Waals surface area contributed by atoms with Crippen LogP contribution in [0.25, 0.3) is 0 Å². The van der Waals surface area contributed by atoms with Crippen molar-refractivity contribution in [1.29, 1.82) is 0 Å². The van der Waals surface area contributed by atoms with Gasteiger partial charge in [0.25, 0.3) is 0 Å². The molecule has 39 heavy (non-hydrogen) atoms. The standard InChI is InChI=1S/C32H38N2O5/c1-20(2)24-12-13-31(4)27(38-30(36)23-9-7-15-34-19-23)16-21(3)10-11-26-32(5,39-26)17-25(28(24)31)37-29(35)22-8-6-14-33-18-22/h6-9,14-16,18-19,25-28H,10-13,17H2,1-5H3/b21-16+/t25?,26-,27+,28-,31-,32+/m1/s1. The Morgan fingerprint density at radius 2 is 1.62 bits per heavy atom. The summed E-state index contributed by atoms with van der Waals surface area (Å²) < 4.78 is 18.9. The Morgan fingerprint density at radius 3 is 2.21 bits per heavy atom. The minimum absolute atomic E-state index is 0.0951. The van der Waals surface area contributed by atoms with E-state index in [-0.39, 0.29) is 17.6 Å². The van der Waals surface area contributed by atoms with Gasteiger partial charge in [-0.3, -0.25) is 9.97 Å². The summed E-state index contributed by atoms with van der Waals surface area (Å²) in [4.78, 5) is 34.9. The van der Waals surface area contributed by atoms with E-state index in [0.29, 0.717) is 17.5 Å². The van der Waals surface area contributed by atoms with E-state index in [9.17, 15) is 9.59 Å². The molecule has 1 unspecified atom stereocenters. The van der Waals surface area contributed by atoms with Crippen LogP contribution in [0.3, 0.4) is 0 Å². The van der Waals surface area contributed by atoms with Gasteiger partial charge in [0, 0.05) is 42.5 Å². The number of carbonyl (C=O) groups is 2. The summed E-state index contributed by atoms with van der Waals surface area (Å²) in [5.41, 5.74) is 3.58. The van der Waals surface area contributed by atoms with E-state index in [4.69, 9.17) is 14.2 Å². The van der Waals surface area contributed by atoms with Crippen molar-refractivity contribution in [2.24, 2.45) is 11.3 Å². The lowest BCUT2D eigenvalue weighted by atomic mass is 9.69. The lowest BCUT2D eigenvalue weighted by Crippen LogP contribution is -2.46. The third-order valence-electron chi connectivity index (χ3n) is 8.85. The van der Waals surface area contributed by atoms with Gasteiger partial charge >= 0.3 is 11.9 Å². The number of epoxide rings is 1. The van der Waals surface area contributed by atoms with Crippen LogP contribution in [0.2, 0.25) is 0 Å². The van der Waals surface area contributed by atoms with Gasteiger partial charge in [0.15, 0.2) is 0 Å². The van der Waals surface area contributed by atoms with Gasteiger partial charge in [-0.05, 0) is 83.7 Å². The highest BCUT2D eigenvalue weighted by molar-refractivity contribution is 5.89. The van der Waals surface area contributed by atoms with Crippen LogP contribution >= 0.6 is 0 Å². The van der Waals surface area contributed by atoms with Crippen molar-refractivity contribution in [3.8, 4) is 0 Å². The van der Waals surface area contributed by atoms with Crippen molar-refractivity contribution >= 4 is 11.9 Å². The molecule has 1 aliphatic heterocycles. The molecule has 2 aliphatic carbocycles. The zero-order chi connectivity index (χ0) is 27.8. The van der Waals surface area contributed by atoms with Gasteiger partial charge in [-0.25, -0.2) is 9.59 Å². The maximum atomic E-state index is 13.4. The van der Waals surface area contributed by atoms with Gasteiger partial charge < -0.3 is 14.2 Å². The van der Waals surface area contributed by atoms with Gasteiger partial charge in [-0.2, -0.15) is 0 Å². The maximum absolute atomic E-state index is 13.4. The molecule has 5 rings (SSSR count). The molecule has 0 bridgehead atoms. The first-order valence-electron chi connectivity index (χ1n) is 13.8. The molecule has 0 amide bonds. The first-order chi connectivity index (χ1) is 18.6. The number of fused-ring (bicyclic) bond motifs is 2. The minimum Gasteiger partial charge on any atom is -0.458 e. The van der Waals surface area contributed by atoms with E-state index in [1.54, 1.807) is 36.7 Å².